The zero-order valence-corrected chi connectivity index (χ0v) is 15.1. The maximum absolute atomic E-state index is 12.1. The van der Waals surface area contributed by atoms with Gasteiger partial charge >= 0.3 is 12.3 Å². The number of rotatable bonds is 7. The average molecular weight is 410 g/mol. The van der Waals surface area contributed by atoms with Gasteiger partial charge in [-0.3, -0.25) is 4.79 Å². The monoisotopic (exact) mass is 410 g/mol. The van der Waals surface area contributed by atoms with Crippen molar-refractivity contribution in [2.75, 3.05) is 0 Å². The van der Waals surface area contributed by atoms with Gasteiger partial charge in [0.25, 0.3) is 0 Å². The van der Waals surface area contributed by atoms with Crippen LogP contribution in [-0.4, -0.2) is 34.1 Å². The normalized spacial score (nSPS) is 12.1. The Hall–Kier alpha value is -3.17. The van der Waals surface area contributed by atoms with E-state index in [2.05, 4.69) is 4.74 Å². The minimum atomic E-state index is -4.82. The van der Waals surface area contributed by atoms with Crippen molar-refractivity contribution < 1.29 is 42.4 Å². The number of carbonyl (C=O) groups excluding carboxylic acids is 2. The molecule has 0 saturated carbocycles. The Labute approximate surface area is 163 Å². The van der Waals surface area contributed by atoms with Crippen molar-refractivity contribution in [1.29, 1.82) is 0 Å². The van der Waals surface area contributed by atoms with Crippen molar-refractivity contribution in [2.45, 2.75) is 25.5 Å². The Morgan fingerprint density at radius 2 is 1.52 bits per heavy atom. The summed E-state index contributed by atoms with van der Waals surface area (Å²) in [6.45, 7) is 1.45. The molecule has 29 heavy (non-hydrogen) atoms. The van der Waals surface area contributed by atoms with Crippen LogP contribution in [0.5, 0.6) is 11.5 Å². The van der Waals surface area contributed by atoms with Gasteiger partial charge < -0.3 is 19.7 Å². The Kier molecular flexibility index (Phi) is 6.78. The smallest absolute Gasteiger partial charge is 0.423 e. The molecule has 0 aliphatic rings. The maximum Gasteiger partial charge on any atom is 0.573 e. The highest BCUT2D eigenvalue weighted by Crippen LogP contribution is 2.23. The fourth-order valence-electron chi connectivity index (χ4n) is 2.09. The highest BCUT2D eigenvalue weighted by molar-refractivity contribution is 5.98. The number of ether oxygens (including phenoxy) is 2. The summed E-state index contributed by atoms with van der Waals surface area (Å²) >= 11 is 0. The van der Waals surface area contributed by atoms with Crippen LogP contribution in [0.25, 0.3) is 6.08 Å². The molecule has 2 aromatic carbocycles. The summed E-state index contributed by atoms with van der Waals surface area (Å²) in [5, 5.41) is 18.9. The molecule has 0 atom stereocenters. The van der Waals surface area contributed by atoms with E-state index in [1.165, 1.54) is 37.3 Å². The molecule has 0 saturated heterocycles. The quantitative estimate of drug-likeness (QED) is 0.314. The van der Waals surface area contributed by atoms with Crippen molar-refractivity contribution in [3.05, 3.63) is 65.7 Å². The number of aliphatic hydroxyl groups is 2. The van der Waals surface area contributed by atoms with Gasteiger partial charge in [-0.05, 0) is 48.0 Å². The molecule has 2 aromatic rings. The molecule has 9 heteroatoms. The van der Waals surface area contributed by atoms with Gasteiger partial charge in [-0.25, -0.2) is 4.79 Å². The first-order chi connectivity index (χ1) is 13.5. The average Bonchev–Trinajstić information content (AvgIpc) is 2.66. The summed E-state index contributed by atoms with van der Waals surface area (Å²) in [5.74, 6) is -4.37. The first kappa shape index (κ1) is 22.1. The zero-order chi connectivity index (χ0) is 21.7. The number of benzene rings is 2. The molecule has 0 amide bonds. The fraction of sp³-hybridized carbons (Fsp3) is 0.200. The van der Waals surface area contributed by atoms with E-state index >= 15 is 0 Å². The summed E-state index contributed by atoms with van der Waals surface area (Å²) in [7, 11) is 0. The lowest BCUT2D eigenvalue weighted by atomic mass is 10.1. The third-order valence-electron chi connectivity index (χ3n) is 3.73. The lowest BCUT2D eigenvalue weighted by Gasteiger charge is -2.15. The Bertz CT molecular complexity index is 884. The predicted octanol–water partition coefficient (Wildman–Crippen LogP) is 3.48. The molecule has 0 radical (unpaired) electrons. The molecule has 154 valence electrons. The van der Waals surface area contributed by atoms with Crippen LogP contribution < -0.4 is 9.47 Å². The van der Waals surface area contributed by atoms with Crippen molar-refractivity contribution in [2.24, 2.45) is 0 Å². The number of alkyl halides is 3. The number of esters is 1. The molecular weight excluding hydrogens is 393 g/mol. The van der Waals surface area contributed by atoms with E-state index in [9.17, 15) is 33.0 Å². The Morgan fingerprint density at radius 3 is 2.03 bits per heavy atom. The summed E-state index contributed by atoms with van der Waals surface area (Å²) in [6.07, 6.45) is -2.59. The van der Waals surface area contributed by atoms with Crippen molar-refractivity contribution in [3.8, 4) is 11.5 Å². The Morgan fingerprint density at radius 1 is 0.966 bits per heavy atom. The topological polar surface area (TPSA) is 93.1 Å². The Balaban J connectivity index is 1.99. The van der Waals surface area contributed by atoms with Crippen LogP contribution in [0.4, 0.5) is 13.2 Å². The molecule has 0 unspecified atom stereocenters. The van der Waals surface area contributed by atoms with E-state index in [-0.39, 0.29) is 17.7 Å². The van der Waals surface area contributed by atoms with Gasteiger partial charge in [-0.1, -0.05) is 25.1 Å². The minimum Gasteiger partial charge on any atom is -0.423 e. The molecule has 2 N–H and O–H groups in total. The maximum atomic E-state index is 12.1. The van der Waals surface area contributed by atoms with Crippen LogP contribution in [0.1, 0.15) is 29.3 Å². The first-order valence-corrected chi connectivity index (χ1v) is 8.35. The molecule has 0 heterocycles. The van der Waals surface area contributed by atoms with Crippen LogP contribution in [0.2, 0.25) is 0 Å². The van der Waals surface area contributed by atoms with Gasteiger partial charge in [-0.2, -0.15) is 0 Å². The standard InChI is InChI=1S/C20H17F3O6/c1-2-19(26,27)17(24)12-5-13-3-8-15(9-4-13)28-18(25)14-6-10-16(11-7-14)29-20(21,22)23/h3-12,26-27H,2H2,1H3/b12-5+. The summed E-state index contributed by atoms with van der Waals surface area (Å²) in [6, 6.07) is 10.2. The second-order valence-corrected chi connectivity index (χ2v) is 5.90. The van der Waals surface area contributed by atoms with E-state index in [1.54, 1.807) is 0 Å². The lowest BCUT2D eigenvalue weighted by Crippen LogP contribution is -2.36. The molecule has 0 spiro atoms. The molecule has 0 aliphatic carbocycles. The van der Waals surface area contributed by atoms with Gasteiger partial charge in [0, 0.05) is 6.42 Å². The SMILES string of the molecule is CCC(O)(O)C(=O)/C=C/c1ccc(OC(=O)c2ccc(OC(F)(F)F)cc2)cc1. The van der Waals surface area contributed by atoms with E-state index in [1.807, 2.05) is 0 Å². The molecule has 6 nitrogen and oxygen atoms in total. The van der Waals surface area contributed by atoms with Crippen LogP contribution in [0.15, 0.2) is 54.6 Å². The lowest BCUT2D eigenvalue weighted by molar-refractivity contribution is -0.274. The van der Waals surface area contributed by atoms with E-state index in [0.717, 1.165) is 30.3 Å². The van der Waals surface area contributed by atoms with Gasteiger partial charge in [0.2, 0.25) is 11.6 Å². The first-order valence-electron chi connectivity index (χ1n) is 8.35. The van der Waals surface area contributed by atoms with Crippen molar-refractivity contribution in [3.63, 3.8) is 0 Å². The van der Waals surface area contributed by atoms with Gasteiger partial charge in [0.1, 0.15) is 11.5 Å². The third kappa shape index (κ3) is 6.74. The second kappa shape index (κ2) is 8.89. The zero-order valence-electron chi connectivity index (χ0n) is 15.1. The summed E-state index contributed by atoms with van der Waals surface area (Å²) < 4.78 is 45.2. The predicted molar refractivity (Wildman–Crippen MR) is 96.0 cm³/mol. The number of hydrogen-bond donors (Lipinski definition) is 2. The van der Waals surface area contributed by atoms with Gasteiger partial charge in [-0.15, -0.1) is 13.2 Å². The second-order valence-electron chi connectivity index (χ2n) is 5.90. The van der Waals surface area contributed by atoms with Crippen LogP contribution in [0.3, 0.4) is 0 Å². The molecular formula is C20H17F3O6. The van der Waals surface area contributed by atoms with Crippen molar-refractivity contribution in [1.82, 2.24) is 0 Å². The number of ketones is 1. The third-order valence-corrected chi connectivity index (χ3v) is 3.73. The number of carbonyl (C=O) groups is 2. The van der Waals surface area contributed by atoms with Crippen LogP contribution >= 0.6 is 0 Å². The van der Waals surface area contributed by atoms with Gasteiger partial charge in [0.05, 0.1) is 5.56 Å². The van der Waals surface area contributed by atoms with Gasteiger partial charge in [0.15, 0.2) is 0 Å². The molecule has 0 fully saturated rings. The van der Waals surface area contributed by atoms with E-state index < -0.39 is 29.7 Å². The molecule has 0 aromatic heterocycles. The highest BCUT2D eigenvalue weighted by Gasteiger charge is 2.31. The largest absolute Gasteiger partial charge is 0.573 e. The summed E-state index contributed by atoms with van der Waals surface area (Å²) in [4.78, 5) is 23.7. The minimum absolute atomic E-state index is 0.0240. The molecule has 2 rings (SSSR count). The summed E-state index contributed by atoms with van der Waals surface area (Å²) in [5.41, 5.74) is 0.564. The molecule has 0 aliphatic heterocycles. The van der Waals surface area contributed by atoms with Crippen molar-refractivity contribution >= 4 is 17.8 Å². The fourth-order valence-corrected chi connectivity index (χ4v) is 2.09. The number of halogens is 3. The molecule has 0 bridgehead atoms. The van der Waals surface area contributed by atoms with Crippen LogP contribution in [0, 0.1) is 0 Å². The highest BCUT2D eigenvalue weighted by atomic mass is 19.4. The van der Waals surface area contributed by atoms with E-state index in [4.69, 9.17) is 4.74 Å². The van der Waals surface area contributed by atoms with E-state index in [0.29, 0.717) is 5.56 Å². The number of hydrogen-bond acceptors (Lipinski definition) is 6. The van der Waals surface area contributed by atoms with Crippen LogP contribution in [-0.2, 0) is 4.79 Å².